The van der Waals surface area contributed by atoms with Gasteiger partial charge in [-0.3, -0.25) is 4.98 Å². The van der Waals surface area contributed by atoms with Gasteiger partial charge in [0.05, 0.1) is 35.1 Å². The molecule has 5 rings (SSSR count). The van der Waals surface area contributed by atoms with Gasteiger partial charge in [-0.15, -0.1) is 0 Å². The first-order valence-corrected chi connectivity index (χ1v) is 10.9. The summed E-state index contributed by atoms with van der Waals surface area (Å²) in [7, 11) is 0. The molecule has 2 aromatic carbocycles. The number of nitrogens with two attached hydrogens (primary N) is 1. The Morgan fingerprint density at radius 2 is 2.03 bits per heavy atom. The van der Waals surface area contributed by atoms with Crippen molar-refractivity contribution in [3.8, 4) is 11.5 Å². The highest BCUT2D eigenvalue weighted by atomic mass is 35.5. The van der Waals surface area contributed by atoms with Crippen LogP contribution in [0.25, 0.3) is 10.9 Å². The van der Waals surface area contributed by atoms with Gasteiger partial charge in [0, 0.05) is 29.8 Å². The van der Waals surface area contributed by atoms with Crippen LogP contribution in [0.2, 0.25) is 5.02 Å². The van der Waals surface area contributed by atoms with E-state index >= 15 is 0 Å². The maximum Gasteiger partial charge on any atom is 0.144 e. The van der Waals surface area contributed by atoms with Gasteiger partial charge in [0.25, 0.3) is 0 Å². The summed E-state index contributed by atoms with van der Waals surface area (Å²) in [6.45, 7) is 1.60. The molecule has 0 aliphatic carbocycles. The van der Waals surface area contributed by atoms with Gasteiger partial charge >= 0.3 is 0 Å². The Labute approximate surface area is 195 Å². The molecular formula is C24H22ClN5O3. The fourth-order valence-corrected chi connectivity index (χ4v) is 3.79. The Kier molecular flexibility index (Phi) is 6.10. The van der Waals surface area contributed by atoms with Crippen LogP contribution in [0.15, 0.2) is 61.1 Å². The van der Waals surface area contributed by atoms with Crippen LogP contribution in [-0.4, -0.2) is 34.3 Å². The van der Waals surface area contributed by atoms with Crippen molar-refractivity contribution >= 4 is 39.7 Å². The highest BCUT2D eigenvalue weighted by Crippen LogP contribution is 2.34. The molecule has 1 saturated heterocycles. The average Bonchev–Trinajstić information content (AvgIpc) is 3.33. The summed E-state index contributed by atoms with van der Waals surface area (Å²) >= 11 is 6.44. The van der Waals surface area contributed by atoms with E-state index in [4.69, 9.17) is 31.5 Å². The lowest BCUT2D eigenvalue weighted by Gasteiger charge is -2.16. The normalized spacial score (nSPS) is 15.5. The summed E-state index contributed by atoms with van der Waals surface area (Å²) in [5.41, 5.74) is 9.08. The largest absolute Gasteiger partial charge is 0.486 e. The van der Waals surface area contributed by atoms with Gasteiger partial charge in [-0.2, -0.15) is 0 Å². The number of benzene rings is 2. The highest BCUT2D eigenvalue weighted by Gasteiger charge is 2.19. The van der Waals surface area contributed by atoms with E-state index in [2.05, 4.69) is 20.3 Å². The van der Waals surface area contributed by atoms with Gasteiger partial charge in [0.15, 0.2) is 0 Å². The Morgan fingerprint density at radius 3 is 2.82 bits per heavy atom. The molecule has 0 radical (unpaired) electrons. The molecule has 2 aromatic heterocycles. The van der Waals surface area contributed by atoms with Crippen molar-refractivity contribution in [1.29, 1.82) is 0 Å². The topological polar surface area (TPSA) is 104 Å². The molecule has 0 spiro atoms. The maximum absolute atomic E-state index is 6.44. The molecule has 3 heterocycles. The molecule has 9 heteroatoms. The second-order valence-corrected chi connectivity index (χ2v) is 8.02. The van der Waals surface area contributed by atoms with Crippen molar-refractivity contribution in [2.45, 2.75) is 19.1 Å². The van der Waals surface area contributed by atoms with Crippen molar-refractivity contribution in [3.05, 3.63) is 71.8 Å². The summed E-state index contributed by atoms with van der Waals surface area (Å²) in [6, 6.07) is 14.8. The summed E-state index contributed by atoms with van der Waals surface area (Å²) in [5.74, 6) is 1.78. The van der Waals surface area contributed by atoms with Crippen LogP contribution in [0.4, 0.5) is 17.2 Å². The van der Waals surface area contributed by atoms with E-state index in [1.54, 1.807) is 18.3 Å². The number of nitrogen functional groups attached to an aromatic ring is 1. The first-order valence-electron chi connectivity index (χ1n) is 10.5. The lowest BCUT2D eigenvalue weighted by atomic mass is 10.2. The smallest absolute Gasteiger partial charge is 0.144 e. The number of nitrogens with zero attached hydrogens (tertiary/aromatic N) is 3. The fourth-order valence-electron chi connectivity index (χ4n) is 3.56. The molecule has 0 amide bonds. The molecule has 1 aliphatic heterocycles. The second-order valence-electron chi connectivity index (χ2n) is 7.61. The number of pyridine rings is 1. The Balaban J connectivity index is 1.34. The molecule has 8 nitrogen and oxygen atoms in total. The third-order valence-electron chi connectivity index (χ3n) is 5.24. The number of hydrogen-bond acceptors (Lipinski definition) is 8. The molecule has 33 heavy (non-hydrogen) atoms. The third kappa shape index (κ3) is 4.92. The van der Waals surface area contributed by atoms with Crippen LogP contribution < -0.4 is 20.5 Å². The quantitative estimate of drug-likeness (QED) is 0.378. The molecule has 0 saturated carbocycles. The molecule has 3 N–H and O–H groups in total. The van der Waals surface area contributed by atoms with Crippen LogP contribution in [0.1, 0.15) is 12.1 Å². The first kappa shape index (κ1) is 21.2. The van der Waals surface area contributed by atoms with Crippen molar-refractivity contribution in [3.63, 3.8) is 0 Å². The number of nitrogens with one attached hydrogen (secondary N) is 1. The first-order chi connectivity index (χ1) is 16.2. The zero-order valence-corrected chi connectivity index (χ0v) is 18.5. The van der Waals surface area contributed by atoms with E-state index in [-0.39, 0.29) is 6.10 Å². The molecule has 0 unspecified atom stereocenters. The number of ether oxygens (including phenoxy) is 3. The second kappa shape index (κ2) is 9.48. The van der Waals surface area contributed by atoms with Crippen molar-refractivity contribution in [2.75, 3.05) is 24.3 Å². The summed E-state index contributed by atoms with van der Waals surface area (Å²) in [4.78, 5) is 13.0. The van der Waals surface area contributed by atoms with Gasteiger partial charge in [0.1, 0.15) is 36.4 Å². The van der Waals surface area contributed by atoms with E-state index < -0.39 is 0 Å². The third-order valence-corrected chi connectivity index (χ3v) is 5.54. The Bertz CT molecular complexity index is 1270. The molecule has 1 fully saturated rings. The number of rotatable bonds is 7. The summed E-state index contributed by atoms with van der Waals surface area (Å²) < 4.78 is 17.2. The molecule has 4 aromatic rings. The molecule has 0 bridgehead atoms. The predicted octanol–water partition coefficient (Wildman–Crippen LogP) is 4.75. The maximum atomic E-state index is 6.44. The van der Waals surface area contributed by atoms with Crippen molar-refractivity contribution in [1.82, 2.24) is 15.0 Å². The lowest BCUT2D eigenvalue weighted by Crippen LogP contribution is -2.16. The average molecular weight is 464 g/mol. The lowest BCUT2D eigenvalue weighted by molar-refractivity contribution is 0.142. The minimum Gasteiger partial charge on any atom is -0.486 e. The van der Waals surface area contributed by atoms with Gasteiger partial charge in [-0.25, -0.2) is 9.97 Å². The number of hydrogen-bond donors (Lipinski definition) is 2. The molecule has 1 aliphatic rings. The zero-order valence-electron chi connectivity index (χ0n) is 17.7. The fraction of sp³-hybridized carbons (Fsp3) is 0.208. The minimum atomic E-state index is 0.00438. The SMILES string of the molecule is Nc1cc2c(Nc3ccc(OCc4ccccn4)c(Cl)c3)ncnc2cc1O[C@H]1CCOC1. The van der Waals surface area contributed by atoms with Gasteiger partial charge in [-0.1, -0.05) is 17.7 Å². The summed E-state index contributed by atoms with van der Waals surface area (Å²) in [6.07, 6.45) is 4.07. The van der Waals surface area contributed by atoms with Gasteiger partial charge < -0.3 is 25.3 Å². The van der Waals surface area contributed by atoms with Gasteiger partial charge in [-0.05, 0) is 36.4 Å². The van der Waals surface area contributed by atoms with E-state index in [0.717, 1.165) is 28.7 Å². The van der Waals surface area contributed by atoms with E-state index in [1.165, 1.54) is 6.33 Å². The standard InChI is InChI=1S/C24H22ClN5O3/c25-19-9-15(4-5-22(19)32-12-16-3-1-2-7-27-16)30-24-18-10-20(26)23(11-21(18)28-14-29-24)33-17-6-8-31-13-17/h1-5,7,9-11,14,17H,6,8,12-13,26H2,(H,28,29,30)/t17-/m0/s1. The number of fused-ring (bicyclic) bond motifs is 1. The number of anilines is 3. The monoisotopic (exact) mass is 463 g/mol. The van der Waals surface area contributed by atoms with Crippen LogP contribution >= 0.6 is 11.6 Å². The van der Waals surface area contributed by atoms with Crippen molar-refractivity contribution < 1.29 is 14.2 Å². The Hall–Kier alpha value is -3.62. The van der Waals surface area contributed by atoms with E-state index in [0.29, 0.717) is 47.8 Å². The van der Waals surface area contributed by atoms with E-state index in [9.17, 15) is 0 Å². The zero-order chi connectivity index (χ0) is 22.6. The van der Waals surface area contributed by atoms with Crippen molar-refractivity contribution in [2.24, 2.45) is 0 Å². The van der Waals surface area contributed by atoms with Crippen LogP contribution in [0.5, 0.6) is 11.5 Å². The van der Waals surface area contributed by atoms with E-state index in [1.807, 2.05) is 36.4 Å². The molecular weight excluding hydrogens is 442 g/mol. The van der Waals surface area contributed by atoms with Gasteiger partial charge in [0.2, 0.25) is 0 Å². The highest BCUT2D eigenvalue weighted by molar-refractivity contribution is 6.32. The number of aromatic nitrogens is 3. The molecule has 168 valence electrons. The predicted molar refractivity (Wildman–Crippen MR) is 127 cm³/mol. The minimum absolute atomic E-state index is 0.00438. The van der Waals surface area contributed by atoms with Crippen LogP contribution in [0.3, 0.4) is 0 Å². The Morgan fingerprint density at radius 1 is 1.09 bits per heavy atom. The van der Waals surface area contributed by atoms with Crippen LogP contribution in [-0.2, 0) is 11.3 Å². The number of halogens is 1. The molecule has 1 atom stereocenters. The summed E-state index contributed by atoms with van der Waals surface area (Å²) in [5, 5.41) is 4.54. The van der Waals surface area contributed by atoms with Crippen LogP contribution in [0, 0.1) is 0 Å².